The number of amides is 2. The van der Waals surface area contributed by atoms with Gasteiger partial charge in [-0.15, -0.1) is 0 Å². The quantitative estimate of drug-likeness (QED) is 0.683. The Balaban J connectivity index is 1.93. The standard InChI is InChI=1S/C21H19FN2O3/c1-27-20-13-15(11-12-19(20)25)14-24(18-10-6-5-9-17(18)22)21(26)23-16-7-3-2-4-8-16/h2-13,25H,14H2,1H3,(H,23,26). The molecule has 5 nitrogen and oxygen atoms in total. The highest BCUT2D eigenvalue weighted by molar-refractivity contribution is 6.01. The number of anilines is 2. The van der Waals surface area contributed by atoms with Crippen molar-refractivity contribution < 1.29 is 19.0 Å². The predicted molar refractivity (Wildman–Crippen MR) is 103 cm³/mol. The first-order chi connectivity index (χ1) is 13.1. The minimum Gasteiger partial charge on any atom is -0.504 e. The van der Waals surface area contributed by atoms with Gasteiger partial charge in [0.2, 0.25) is 0 Å². The van der Waals surface area contributed by atoms with Crippen LogP contribution in [0.4, 0.5) is 20.6 Å². The van der Waals surface area contributed by atoms with Crippen LogP contribution in [-0.4, -0.2) is 18.2 Å². The van der Waals surface area contributed by atoms with Crippen LogP contribution < -0.4 is 15.0 Å². The van der Waals surface area contributed by atoms with Gasteiger partial charge in [-0.1, -0.05) is 36.4 Å². The van der Waals surface area contributed by atoms with E-state index >= 15 is 0 Å². The van der Waals surface area contributed by atoms with Gasteiger partial charge in [0, 0.05) is 5.69 Å². The number of phenolic OH excluding ortho intramolecular Hbond substituents is 1. The molecule has 0 radical (unpaired) electrons. The fourth-order valence-electron chi connectivity index (χ4n) is 2.65. The number of ether oxygens (including phenoxy) is 1. The SMILES string of the molecule is COc1cc(CN(C(=O)Nc2ccccc2)c2ccccc2F)ccc1O. The van der Waals surface area contributed by atoms with Gasteiger partial charge in [0.05, 0.1) is 19.3 Å². The number of methoxy groups -OCH3 is 1. The molecule has 0 atom stereocenters. The topological polar surface area (TPSA) is 61.8 Å². The molecule has 0 spiro atoms. The lowest BCUT2D eigenvalue weighted by atomic mass is 10.1. The van der Waals surface area contributed by atoms with Gasteiger partial charge in [-0.3, -0.25) is 4.90 Å². The summed E-state index contributed by atoms with van der Waals surface area (Å²) in [6.45, 7) is 0.0935. The van der Waals surface area contributed by atoms with Crippen molar-refractivity contribution >= 4 is 17.4 Å². The molecule has 2 N–H and O–H groups in total. The number of benzene rings is 3. The first-order valence-electron chi connectivity index (χ1n) is 8.32. The van der Waals surface area contributed by atoms with E-state index < -0.39 is 11.8 Å². The van der Waals surface area contributed by atoms with E-state index in [9.17, 15) is 14.3 Å². The molecule has 0 bridgehead atoms. The second kappa shape index (κ2) is 8.23. The molecule has 27 heavy (non-hydrogen) atoms. The molecule has 2 amide bonds. The molecule has 3 aromatic rings. The van der Waals surface area contributed by atoms with E-state index in [1.165, 1.54) is 30.2 Å². The van der Waals surface area contributed by atoms with Crippen LogP contribution in [0.15, 0.2) is 72.8 Å². The Hall–Kier alpha value is -3.54. The summed E-state index contributed by atoms with van der Waals surface area (Å²) in [7, 11) is 1.44. The Morgan fingerprint density at radius 3 is 2.48 bits per heavy atom. The largest absolute Gasteiger partial charge is 0.504 e. The zero-order chi connectivity index (χ0) is 19.2. The number of carbonyl (C=O) groups is 1. The van der Waals surface area contributed by atoms with E-state index in [1.54, 1.807) is 48.5 Å². The van der Waals surface area contributed by atoms with Crippen LogP contribution in [0.3, 0.4) is 0 Å². The molecule has 0 aromatic heterocycles. The Kier molecular flexibility index (Phi) is 5.56. The van der Waals surface area contributed by atoms with Crippen LogP contribution in [0.2, 0.25) is 0 Å². The minimum absolute atomic E-state index is 0.00701. The van der Waals surface area contributed by atoms with Crippen LogP contribution in [-0.2, 0) is 6.54 Å². The Morgan fingerprint density at radius 1 is 1.07 bits per heavy atom. The van der Waals surface area contributed by atoms with E-state index in [0.717, 1.165) is 0 Å². The third-order valence-electron chi connectivity index (χ3n) is 4.00. The van der Waals surface area contributed by atoms with Gasteiger partial charge in [-0.25, -0.2) is 9.18 Å². The maximum absolute atomic E-state index is 14.4. The van der Waals surface area contributed by atoms with E-state index in [-0.39, 0.29) is 23.7 Å². The molecule has 0 heterocycles. The molecule has 0 saturated carbocycles. The average Bonchev–Trinajstić information content (AvgIpc) is 2.68. The summed E-state index contributed by atoms with van der Waals surface area (Å²) in [6.07, 6.45) is 0. The number of para-hydroxylation sites is 2. The first kappa shape index (κ1) is 18.3. The number of carbonyl (C=O) groups excluding carboxylic acids is 1. The number of nitrogens with zero attached hydrogens (tertiary/aromatic N) is 1. The highest BCUT2D eigenvalue weighted by Crippen LogP contribution is 2.28. The second-order valence-electron chi connectivity index (χ2n) is 5.84. The Labute approximate surface area is 156 Å². The summed E-state index contributed by atoms with van der Waals surface area (Å²) >= 11 is 0. The smallest absolute Gasteiger partial charge is 0.326 e. The normalized spacial score (nSPS) is 10.3. The molecule has 0 saturated heterocycles. The van der Waals surface area contributed by atoms with Crippen molar-refractivity contribution in [3.05, 3.63) is 84.2 Å². The molecule has 0 unspecified atom stereocenters. The molecule has 0 aliphatic rings. The number of phenols is 1. The van der Waals surface area contributed by atoms with Gasteiger partial charge in [0.25, 0.3) is 0 Å². The summed E-state index contributed by atoms with van der Waals surface area (Å²) < 4.78 is 19.5. The van der Waals surface area contributed by atoms with Crippen molar-refractivity contribution in [3.63, 3.8) is 0 Å². The zero-order valence-electron chi connectivity index (χ0n) is 14.7. The monoisotopic (exact) mass is 366 g/mol. The van der Waals surface area contributed by atoms with Crippen LogP contribution in [0, 0.1) is 5.82 Å². The fraction of sp³-hybridized carbons (Fsp3) is 0.0952. The van der Waals surface area contributed by atoms with E-state index in [1.807, 2.05) is 6.07 Å². The van der Waals surface area contributed by atoms with Crippen molar-refractivity contribution in [2.75, 3.05) is 17.3 Å². The third-order valence-corrected chi connectivity index (χ3v) is 4.00. The average molecular weight is 366 g/mol. The van der Waals surface area contributed by atoms with Crippen LogP contribution in [0.5, 0.6) is 11.5 Å². The fourth-order valence-corrected chi connectivity index (χ4v) is 2.65. The lowest BCUT2D eigenvalue weighted by Gasteiger charge is -2.24. The summed E-state index contributed by atoms with van der Waals surface area (Å²) in [6, 6.07) is 19.3. The van der Waals surface area contributed by atoms with Crippen LogP contribution >= 0.6 is 0 Å². The van der Waals surface area contributed by atoms with Crippen molar-refractivity contribution in [1.82, 2.24) is 0 Å². The summed E-state index contributed by atoms with van der Waals surface area (Å²) in [5.41, 5.74) is 1.43. The first-order valence-corrected chi connectivity index (χ1v) is 8.32. The molecular weight excluding hydrogens is 347 g/mol. The second-order valence-corrected chi connectivity index (χ2v) is 5.84. The number of hydrogen-bond donors (Lipinski definition) is 2. The lowest BCUT2D eigenvalue weighted by Crippen LogP contribution is -2.35. The maximum Gasteiger partial charge on any atom is 0.326 e. The van der Waals surface area contributed by atoms with Gasteiger partial charge in [-0.05, 0) is 42.0 Å². The van der Waals surface area contributed by atoms with E-state index in [0.29, 0.717) is 11.3 Å². The number of rotatable bonds is 5. The predicted octanol–water partition coefficient (Wildman–Crippen LogP) is 4.78. The third kappa shape index (κ3) is 4.36. The molecule has 0 aliphatic heterocycles. The van der Waals surface area contributed by atoms with E-state index in [4.69, 9.17) is 4.74 Å². The van der Waals surface area contributed by atoms with Crippen molar-refractivity contribution in [2.24, 2.45) is 0 Å². The number of halogens is 1. The number of aromatic hydroxyl groups is 1. The number of urea groups is 1. The van der Waals surface area contributed by atoms with Crippen LogP contribution in [0.25, 0.3) is 0 Å². The molecule has 0 aliphatic carbocycles. The highest BCUT2D eigenvalue weighted by Gasteiger charge is 2.20. The van der Waals surface area contributed by atoms with Gasteiger partial charge in [0.15, 0.2) is 11.5 Å². The minimum atomic E-state index is -0.508. The summed E-state index contributed by atoms with van der Waals surface area (Å²) in [4.78, 5) is 14.2. The van der Waals surface area contributed by atoms with Gasteiger partial charge in [0.1, 0.15) is 5.82 Å². The number of hydrogen-bond acceptors (Lipinski definition) is 3. The summed E-state index contributed by atoms with van der Waals surface area (Å²) in [5, 5.41) is 12.5. The molecule has 6 heteroatoms. The van der Waals surface area contributed by atoms with Gasteiger partial charge < -0.3 is 15.2 Å². The molecular formula is C21H19FN2O3. The highest BCUT2D eigenvalue weighted by atomic mass is 19.1. The van der Waals surface area contributed by atoms with Gasteiger partial charge >= 0.3 is 6.03 Å². The lowest BCUT2D eigenvalue weighted by molar-refractivity contribution is 0.256. The summed E-state index contributed by atoms with van der Waals surface area (Å²) in [5.74, 6) is -0.233. The molecule has 0 fully saturated rings. The molecule has 3 aromatic carbocycles. The molecule has 3 rings (SSSR count). The molecule has 138 valence electrons. The maximum atomic E-state index is 14.4. The Bertz CT molecular complexity index is 932. The van der Waals surface area contributed by atoms with Crippen molar-refractivity contribution in [2.45, 2.75) is 6.54 Å². The van der Waals surface area contributed by atoms with Crippen molar-refractivity contribution in [3.8, 4) is 11.5 Å². The Morgan fingerprint density at radius 2 is 1.78 bits per heavy atom. The van der Waals surface area contributed by atoms with Crippen molar-refractivity contribution in [1.29, 1.82) is 0 Å². The zero-order valence-corrected chi connectivity index (χ0v) is 14.7. The van der Waals surface area contributed by atoms with Gasteiger partial charge in [-0.2, -0.15) is 0 Å². The van der Waals surface area contributed by atoms with E-state index in [2.05, 4.69) is 5.32 Å². The van der Waals surface area contributed by atoms with Crippen LogP contribution in [0.1, 0.15) is 5.56 Å². The number of nitrogens with one attached hydrogen (secondary N) is 1.